The van der Waals surface area contributed by atoms with Crippen LogP contribution in [-0.2, 0) is 4.79 Å². The molecule has 1 aromatic heterocycles. The Morgan fingerprint density at radius 3 is 2.26 bits per heavy atom. The first kappa shape index (κ1) is 14.9. The molecule has 0 radical (unpaired) electrons. The van der Waals surface area contributed by atoms with Gasteiger partial charge < -0.3 is 15.3 Å². The van der Waals surface area contributed by atoms with Gasteiger partial charge in [0.05, 0.1) is 0 Å². The van der Waals surface area contributed by atoms with E-state index in [0.717, 1.165) is 0 Å². The Hall–Kier alpha value is -2.18. The van der Waals surface area contributed by atoms with Gasteiger partial charge in [-0.2, -0.15) is 0 Å². The Morgan fingerprint density at radius 2 is 1.89 bits per heavy atom. The van der Waals surface area contributed by atoms with Gasteiger partial charge in [-0.25, -0.2) is 4.79 Å². The van der Waals surface area contributed by atoms with Crippen molar-refractivity contribution in [3.05, 3.63) is 17.8 Å². The van der Waals surface area contributed by atoms with Crippen molar-refractivity contribution in [1.82, 2.24) is 15.1 Å². The lowest BCUT2D eigenvalue weighted by molar-refractivity contribution is -0.138. The predicted octanol–water partition coefficient (Wildman–Crippen LogP) is 0.700. The van der Waals surface area contributed by atoms with Gasteiger partial charge in [0, 0.05) is 14.1 Å². The number of hydrogen-bond acceptors (Lipinski definition) is 5. The van der Waals surface area contributed by atoms with Crippen molar-refractivity contribution in [2.45, 2.75) is 19.9 Å². The van der Waals surface area contributed by atoms with Gasteiger partial charge in [-0.1, -0.05) is 13.8 Å². The number of nitrogens with zero attached hydrogens (tertiary/aromatic N) is 3. The second kappa shape index (κ2) is 6.12. The maximum atomic E-state index is 11.6. The summed E-state index contributed by atoms with van der Waals surface area (Å²) < 4.78 is 0. The highest BCUT2D eigenvalue weighted by molar-refractivity contribution is 5.91. The first-order valence-electron chi connectivity index (χ1n) is 5.87. The minimum atomic E-state index is -0.953. The van der Waals surface area contributed by atoms with Crippen molar-refractivity contribution in [2.75, 3.05) is 19.4 Å². The van der Waals surface area contributed by atoms with Crippen LogP contribution in [0.15, 0.2) is 12.1 Å². The highest BCUT2D eigenvalue weighted by atomic mass is 16.4. The van der Waals surface area contributed by atoms with E-state index < -0.39 is 12.0 Å². The Labute approximate surface area is 111 Å². The zero-order valence-corrected chi connectivity index (χ0v) is 11.4. The van der Waals surface area contributed by atoms with Gasteiger partial charge in [0.25, 0.3) is 5.91 Å². The summed E-state index contributed by atoms with van der Waals surface area (Å²) in [5, 5.41) is 19.4. The van der Waals surface area contributed by atoms with Crippen LogP contribution in [0.3, 0.4) is 0 Å². The number of amides is 1. The zero-order valence-electron chi connectivity index (χ0n) is 11.4. The Morgan fingerprint density at radius 1 is 1.26 bits per heavy atom. The van der Waals surface area contributed by atoms with E-state index in [1.807, 2.05) is 0 Å². The molecular weight excluding hydrogens is 248 g/mol. The summed E-state index contributed by atoms with van der Waals surface area (Å²) in [5.74, 6) is -0.971. The quantitative estimate of drug-likeness (QED) is 0.814. The van der Waals surface area contributed by atoms with E-state index in [-0.39, 0.29) is 17.5 Å². The van der Waals surface area contributed by atoms with Gasteiger partial charge in [0.1, 0.15) is 11.9 Å². The first-order chi connectivity index (χ1) is 8.82. The first-order valence-corrected chi connectivity index (χ1v) is 5.87. The van der Waals surface area contributed by atoms with E-state index in [2.05, 4.69) is 15.5 Å². The number of rotatable bonds is 5. The summed E-state index contributed by atoms with van der Waals surface area (Å²) in [4.78, 5) is 24.0. The number of aromatic nitrogens is 2. The maximum absolute atomic E-state index is 11.6. The Bertz CT molecular complexity index is 457. The van der Waals surface area contributed by atoms with Gasteiger partial charge in [0.15, 0.2) is 5.69 Å². The number of carbonyl (C=O) groups is 2. The second-order valence-electron chi connectivity index (χ2n) is 4.71. The fourth-order valence-electron chi connectivity index (χ4n) is 1.43. The third-order valence-electron chi connectivity index (χ3n) is 2.53. The summed E-state index contributed by atoms with van der Waals surface area (Å²) in [6.07, 6.45) is 0. The van der Waals surface area contributed by atoms with Gasteiger partial charge in [0.2, 0.25) is 0 Å². The molecule has 0 aliphatic heterocycles. The smallest absolute Gasteiger partial charge is 0.326 e. The molecular formula is C12H18N4O3. The van der Waals surface area contributed by atoms with Crippen LogP contribution in [0.25, 0.3) is 0 Å². The van der Waals surface area contributed by atoms with Crippen LogP contribution in [0.4, 0.5) is 5.82 Å². The lowest BCUT2D eigenvalue weighted by Gasteiger charge is -2.18. The molecule has 7 nitrogen and oxygen atoms in total. The topological polar surface area (TPSA) is 95.4 Å². The van der Waals surface area contributed by atoms with E-state index in [0.29, 0.717) is 5.82 Å². The summed E-state index contributed by atoms with van der Waals surface area (Å²) >= 11 is 0. The van der Waals surface area contributed by atoms with Crippen molar-refractivity contribution in [3.63, 3.8) is 0 Å². The molecule has 0 saturated heterocycles. The second-order valence-corrected chi connectivity index (χ2v) is 4.71. The molecule has 1 heterocycles. The molecule has 19 heavy (non-hydrogen) atoms. The molecule has 0 aliphatic carbocycles. The third kappa shape index (κ3) is 3.90. The van der Waals surface area contributed by atoms with E-state index in [1.165, 1.54) is 11.0 Å². The molecule has 0 aliphatic rings. The average molecular weight is 266 g/mol. The molecule has 1 amide bonds. The minimum Gasteiger partial charge on any atom is -0.480 e. The standard InChI is InChI=1S/C12H18N4O3/c1-7(2)10(12(18)19)13-9-6-5-8(14-15-9)11(17)16(3)4/h5-7,10H,1-4H3,(H,13,15)(H,18,19). The summed E-state index contributed by atoms with van der Waals surface area (Å²) in [6, 6.07) is 2.31. The van der Waals surface area contributed by atoms with E-state index in [4.69, 9.17) is 5.11 Å². The zero-order chi connectivity index (χ0) is 14.6. The number of nitrogens with one attached hydrogen (secondary N) is 1. The van der Waals surface area contributed by atoms with Crippen LogP contribution in [0.2, 0.25) is 0 Å². The van der Waals surface area contributed by atoms with Gasteiger partial charge in [-0.3, -0.25) is 4.79 Å². The summed E-state index contributed by atoms with van der Waals surface area (Å²) in [6.45, 7) is 3.59. The van der Waals surface area contributed by atoms with E-state index >= 15 is 0 Å². The van der Waals surface area contributed by atoms with E-state index in [1.54, 1.807) is 34.0 Å². The highest BCUT2D eigenvalue weighted by Crippen LogP contribution is 2.10. The number of hydrogen-bond donors (Lipinski definition) is 2. The van der Waals surface area contributed by atoms with Crippen LogP contribution in [0.5, 0.6) is 0 Å². The van der Waals surface area contributed by atoms with Gasteiger partial charge in [-0.15, -0.1) is 10.2 Å². The van der Waals surface area contributed by atoms with Crippen molar-refractivity contribution in [1.29, 1.82) is 0 Å². The molecule has 1 unspecified atom stereocenters. The third-order valence-corrected chi connectivity index (χ3v) is 2.53. The normalized spacial score (nSPS) is 12.1. The predicted molar refractivity (Wildman–Crippen MR) is 69.9 cm³/mol. The van der Waals surface area contributed by atoms with Gasteiger partial charge >= 0.3 is 5.97 Å². The van der Waals surface area contributed by atoms with Crippen LogP contribution in [0, 0.1) is 5.92 Å². The molecule has 7 heteroatoms. The Balaban J connectivity index is 2.82. The van der Waals surface area contributed by atoms with Crippen molar-refractivity contribution < 1.29 is 14.7 Å². The number of aliphatic carboxylic acids is 1. The number of carboxylic acid groups (broad SMARTS) is 1. The molecule has 0 fully saturated rings. The summed E-state index contributed by atoms with van der Waals surface area (Å²) in [7, 11) is 3.24. The van der Waals surface area contributed by atoms with Crippen LogP contribution >= 0.6 is 0 Å². The van der Waals surface area contributed by atoms with Crippen molar-refractivity contribution >= 4 is 17.7 Å². The highest BCUT2D eigenvalue weighted by Gasteiger charge is 2.21. The molecule has 1 rings (SSSR count). The molecule has 0 saturated carbocycles. The summed E-state index contributed by atoms with van der Waals surface area (Å²) in [5.41, 5.74) is 0.215. The fraction of sp³-hybridized carbons (Fsp3) is 0.500. The maximum Gasteiger partial charge on any atom is 0.326 e. The number of carbonyl (C=O) groups excluding carboxylic acids is 1. The SMILES string of the molecule is CC(C)C(Nc1ccc(C(=O)N(C)C)nn1)C(=O)O. The molecule has 1 aromatic rings. The monoisotopic (exact) mass is 266 g/mol. The molecule has 0 spiro atoms. The molecule has 1 atom stereocenters. The Kier molecular flexibility index (Phi) is 4.80. The molecule has 0 bridgehead atoms. The van der Waals surface area contributed by atoms with Crippen molar-refractivity contribution in [3.8, 4) is 0 Å². The van der Waals surface area contributed by atoms with Crippen LogP contribution in [0.1, 0.15) is 24.3 Å². The van der Waals surface area contributed by atoms with Gasteiger partial charge in [-0.05, 0) is 18.1 Å². The van der Waals surface area contributed by atoms with Crippen LogP contribution in [-0.4, -0.2) is 52.2 Å². The molecule has 0 aromatic carbocycles. The lowest BCUT2D eigenvalue weighted by atomic mass is 10.1. The number of carboxylic acids is 1. The lowest BCUT2D eigenvalue weighted by Crippen LogP contribution is -2.34. The average Bonchev–Trinajstić information content (AvgIpc) is 2.34. The van der Waals surface area contributed by atoms with E-state index in [9.17, 15) is 9.59 Å². The number of anilines is 1. The van der Waals surface area contributed by atoms with Crippen molar-refractivity contribution in [2.24, 2.45) is 5.92 Å². The van der Waals surface area contributed by atoms with Crippen LogP contribution < -0.4 is 5.32 Å². The molecule has 2 N–H and O–H groups in total. The fourth-order valence-corrected chi connectivity index (χ4v) is 1.43. The largest absolute Gasteiger partial charge is 0.480 e. The molecule has 104 valence electrons. The minimum absolute atomic E-state index is 0.0950.